The summed E-state index contributed by atoms with van der Waals surface area (Å²) in [6, 6.07) is 15.5. The Morgan fingerprint density at radius 2 is 1.85 bits per heavy atom. The number of rotatable bonds is 5. The van der Waals surface area contributed by atoms with Gasteiger partial charge < -0.3 is 9.47 Å². The molecule has 1 heterocycles. The number of aromatic nitrogens is 1. The van der Waals surface area contributed by atoms with E-state index in [4.69, 9.17) is 14.5 Å². The Labute approximate surface area is 153 Å². The first-order valence-electron chi connectivity index (χ1n) is 8.81. The van der Waals surface area contributed by atoms with Crippen LogP contribution in [-0.4, -0.2) is 24.7 Å². The van der Waals surface area contributed by atoms with Crippen LogP contribution in [0.1, 0.15) is 42.6 Å². The summed E-state index contributed by atoms with van der Waals surface area (Å²) in [5, 5.41) is 0.785. The third-order valence-electron chi connectivity index (χ3n) is 4.34. The van der Waals surface area contributed by atoms with Gasteiger partial charge in [-0.1, -0.05) is 44.2 Å². The average molecular weight is 349 g/mol. The fraction of sp³-hybridized carbons (Fsp3) is 0.273. The highest BCUT2D eigenvalue weighted by Crippen LogP contribution is 2.36. The molecule has 0 bridgehead atoms. The summed E-state index contributed by atoms with van der Waals surface area (Å²) >= 11 is 0. The zero-order chi connectivity index (χ0) is 18.7. The molecule has 2 aromatic carbocycles. The molecular weight excluding hydrogens is 326 g/mol. The minimum Gasteiger partial charge on any atom is -0.497 e. The number of hydrogen-bond donors (Lipinski definition) is 0. The van der Waals surface area contributed by atoms with E-state index >= 15 is 0 Å². The molecule has 0 amide bonds. The van der Waals surface area contributed by atoms with Gasteiger partial charge in [0.2, 0.25) is 0 Å². The Bertz CT molecular complexity index is 933. The van der Waals surface area contributed by atoms with Crippen molar-refractivity contribution in [3.05, 3.63) is 59.7 Å². The minimum absolute atomic E-state index is 0.114. The van der Waals surface area contributed by atoms with Crippen LogP contribution in [0.3, 0.4) is 0 Å². The van der Waals surface area contributed by atoms with Crippen molar-refractivity contribution < 1.29 is 14.3 Å². The number of hydrogen-bond acceptors (Lipinski definition) is 4. The molecular formula is C22H23NO3. The summed E-state index contributed by atoms with van der Waals surface area (Å²) in [6.07, 6.45) is 0. The third-order valence-corrected chi connectivity index (χ3v) is 4.34. The lowest BCUT2D eigenvalue weighted by Crippen LogP contribution is -2.12. The Hall–Kier alpha value is -2.88. The zero-order valence-corrected chi connectivity index (χ0v) is 15.6. The van der Waals surface area contributed by atoms with E-state index in [0.29, 0.717) is 17.9 Å². The molecule has 0 saturated heterocycles. The van der Waals surface area contributed by atoms with Gasteiger partial charge in [0.15, 0.2) is 0 Å². The van der Waals surface area contributed by atoms with Crippen molar-refractivity contribution in [1.29, 1.82) is 0 Å². The molecule has 0 aliphatic heterocycles. The molecule has 4 nitrogen and oxygen atoms in total. The minimum atomic E-state index is -0.314. The van der Waals surface area contributed by atoms with Gasteiger partial charge in [-0.05, 0) is 30.5 Å². The monoisotopic (exact) mass is 349 g/mol. The molecule has 0 N–H and O–H groups in total. The molecule has 0 radical (unpaired) electrons. The van der Waals surface area contributed by atoms with Crippen LogP contribution in [0.4, 0.5) is 0 Å². The van der Waals surface area contributed by atoms with Crippen LogP contribution in [0.2, 0.25) is 0 Å². The molecule has 0 saturated carbocycles. The fourth-order valence-corrected chi connectivity index (χ4v) is 3.19. The summed E-state index contributed by atoms with van der Waals surface area (Å²) in [7, 11) is 1.62. The molecule has 1 aromatic heterocycles. The van der Waals surface area contributed by atoms with E-state index in [2.05, 4.69) is 13.8 Å². The van der Waals surface area contributed by atoms with E-state index in [1.54, 1.807) is 7.11 Å². The van der Waals surface area contributed by atoms with Crippen molar-refractivity contribution in [2.75, 3.05) is 13.7 Å². The number of ether oxygens (including phenoxy) is 2. The van der Waals surface area contributed by atoms with Crippen molar-refractivity contribution >= 4 is 16.9 Å². The van der Waals surface area contributed by atoms with Crippen molar-refractivity contribution in [2.24, 2.45) is 0 Å². The quantitative estimate of drug-likeness (QED) is 0.593. The first kappa shape index (κ1) is 17.9. The van der Waals surface area contributed by atoms with Gasteiger partial charge in [0, 0.05) is 17.0 Å². The van der Waals surface area contributed by atoms with E-state index in [0.717, 1.165) is 27.7 Å². The standard InChI is InChI=1S/C22H23NO3/c1-5-26-22(24)20-17-12-11-16(25-4)13-18(17)23-21(19(20)14(2)3)15-9-7-6-8-10-15/h6-14H,5H2,1-4H3. The van der Waals surface area contributed by atoms with Crippen LogP contribution in [0.15, 0.2) is 48.5 Å². The van der Waals surface area contributed by atoms with Crippen LogP contribution in [-0.2, 0) is 4.74 Å². The normalized spacial score (nSPS) is 11.0. The smallest absolute Gasteiger partial charge is 0.339 e. The van der Waals surface area contributed by atoms with Crippen molar-refractivity contribution in [3.63, 3.8) is 0 Å². The van der Waals surface area contributed by atoms with Crippen LogP contribution >= 0.6 is 0 Å². The molecule has 4 heteroatoms. The van der Waals surface area contributed by atoms with Gasteiger partial charge >= 0.3 is 5.97 Å². The maximum atomic E-state index is 12.8. The molecule has 3 aromatic rings. The van der Waals surface area contributed by atoms with E-state index in [-0.39, 0.29) is 11.9 Å². The van der Waals surface area contributed by atoms with Gasteiger partial charge in [-0.25, -0.2) is 9.78 Å². The zero-order valence-electron chi connectivity index (χ0n) is 15.6. The van der Waals surface area contributed by atoms with Crippen LogP contribution < -0.4 is 4.74 Å². The third kappa shape index (κ3) is 3.27. The second-order valence-electron chi connectivity index (χ2n) is 6.37. The van der Waals surface area contributed by atoms with E-state index < -0.39 is 0 Å². The summed E-state index contributed by atoms with van der Waals surface area (Å²) < 4.78 is 10.7. The van der Waals surface area contributed by atoms with Crippen molar-refractivity contribution in [1.82, 2.24) is 4.98 Å². The lowest BCUT2D eigenvalue weighted by molar-refractivity contribution is 0.0527. The highest BCUT2D eigenvalue weighted by Gasteiger charge is 2.24. The number of esters is 1. The summed E-state index contributed by atoms with van der Waals surface area (Å²) in [4.78, 5) is 17.7. The summed E-state index contributed by atoms with van der Waals surface area (Å²) in [6.45, 7) is 6.29. The van der Waals surface area contributed by atoms with Gasteiger partial charge in [-0.2, -0.15) is 0 Å². The molecule has 134 valence electrons. The maximum absolute atomic E-state index is 12.8. The number of methoxy groups -OCH3 is 1. The summed E-state index contributed by atoms with van der Waals surface area (Å²) in [5.41, 5.74) is 4.01. The predicted molar refractivity (Wildman–Crippen MR) is 104 cm³/mol. The molecule has 0 unspecified atom stereocenters. The molecule has 0 aliphatic carbocycles. The van der Waals surface area contributed by atoms with Gasteiger partial charge in [0.1, 0.15) is 5.75 Å². The Balaban J connectivity index is 2.41. The Morgan fingerprint density at radius 1 is 1.12 bits per heavy atom. The largest absolute Gasteiger partial charge is 0.497 e. The number of benzene rings is 2. The molecule has 0 atom stereocenters. The Kier molecular flexibility index (Phi) is 5.21. The molecule has 0 fully saturated rings. The molecule has 3 rings (SSSR count). The van der Waals surface area contributed by atoms with E-state index in [9.17, 15) is 4.79 Å². The van der Waals surface area contributed by atoms with Crippen molar-refractivity contribution in [2.45, 2.75) is 26.7 Å². The predicted octanol–water partition coefficient (Wildman–Crippen LogP) is 5.21. The first-order valence-corrected chi connectivity index (χ1v) is 8.81. The van der Waals surface area contributed by atoms with E-state index in [1.165, 1.54) is 0 Å². The topological polar surface area (TPSA) is 48.4 Å². The van der Waals surface area contributed by atoms with Gasteiger partial charge in [0.25, 0.3) is 0 Å². The highest BCUT2D eigenvalue weighted by molar-refractivity contribution is 6.07. The molecule has 26 heavy (non-hydrogen) atoms. The number of carbonyl (C=O) groups excluding carboxylic acids is 1. The van der Waals surface area contributed by atoms with Crippen LogP contribution in [0.25, 0.3) is 22.2 Å². The second kappa shape index (κ2) is 7.56. The van der Waals surface area contributed by atoms with Gasteiger partial charge in [-0.3, -0.25) is 0 Å². The number of nitrogens with zero attached hydrogens (tertiary/aromatic N) is 1. The maximum Gasteiger partial charge on any atom is 0.339 e. The number of carbonyl (C=O) groups is 1. The SMILES string of the molecule is CCOC(=O)c1c(C(C)C)c(-c2ccccc2)nc2cc(OC)ccc12. The van der Waals surface area contributed by atoms with Crippen LogP contribution in [0.5, 0.6) is 5.75 Å². The van der Waals surface area contributed by atoms with Gasteiger partial charge in [-0.15, -0.1) is 0 Å². The number of fused-ring (bicyclic) bond motifs is 1. The molecule has 0 spiro atoms. The fourth-order valence-electron chi connectivity index (χ4n) is 3.19. The number of pyridine rings is 1. The lowest BCUT2D eigenvalue weighted by atomic mass is 9.89. The second-order valence-corrected chi connectivity index (χ2v) is 6.37. The Morgan fingerprint density at radius 3 is 2.46 bits per heavy atom. The van der Waals surface area contributed by atoms with Crippen LogP contribution in [0, 0.1) is 0 Å². The molecule has 0 aliphatic rings. The lowest BCUT2D eigenvalue weighted by Gasteiger charge is -2.19. The average Bonchev–Trinajstić information content (AvgIpc) is 2.66. The van der Waals surface area contributed by atoms with Crippen molar-refractivity contribution in [3.8, 4) is 17.0 Å². The summed E-state index contributed by atoms with van der Waals surface area (Å²) in [5.74, 6) is 0.505. The van der Waals surface area contributed by atoms with Gasteiger partial charge in [0.05, 0.1) is 30.5 Å². The van der Waals surface area contributed by atoms with E-state index in [1.807, 2.05) is 55.5 Å². The first-order chi connectivity index (χ1) is 12.6. The highest BCUT2D eigenvalue weighted by atomic mass is 16.5.